The first-order valence-corrected chi connectivity index (χ1v) is 7.09. The van der Waals surface area contributed by atoms with E-state index in [1.165, 1.54) is 6.42 Å². The molecule has 0 spiro atoms. The van der Waals surface area contributed by atoms with Gasteiger partial charge in [-0.25, -0.2) is 9.97 Å². The lowest BCUT2D eigenvalue weighted by Crippen LogP contribution is -2.37. The van der Waals surface area contributed by atoms with E-state index in [2.05, 4.69) is 16.9 Å². The van der Waals surface area contributed by atoms with Gasteiger partial charge in [-0.15, -0.1) is 0 Å². The smallest absolute Gasteiger partial charge is 0.162 e. The Bertz CT molecular complexity index is 400. The molecule has 1 aliphatic rings. The molecule has 0 aliphatic heterocycles. The van der Waals surface area contributed by atoms with Crippen LogP contribution in [0.2, 0.25) is 5.15 Å². The number of aromatic nitrogens is 2. The Balaban J connectivity index is 2.39. The highest BCUT2D eigenvalue weighted by Gasteiger charge is 2.40. The predicted octanol–water partition coefficient (Wildman–Crippen LogP) is 3.88. The monoisotopic (exact) mass is 268 g/mol. The minimum atomic E-state index is -0.331. The molecule has 2 rings (SSSR count). The number of ether oxygens (including phenoxy) is 1. The minimum Gasteiger partial charge on any atom is -0.367 e. The summed E-state index contributed by atoms with van der Waals surface area (Å²) in [4.78, 5) is 8.97. The van der Waals surface area contributed by atoms with E-state index in [9.17, 15) is 0 Å². The first-order valence-electron chi connectivity index (χ1n) is 6.71. The fourth-order valence-electron chi connectivity index (χ4n) is 2.91. The maximum Gasteiger partial charge on any atom is 0.162 e. The Labute approximate surface area is 114 Å². The van der Waals surface area contributed by atoms with Crippen LogP contribution in [0.5, 0.6) is 0 Å². The molecule has 100 valence electrons. The number of halogens is 1. The van der Waals surface area contributed by atoms with Crippen LogP contribution in [0.15, 0.2) is 6.07 Å². The van der Waals surface area contributed by atoms with Gasteiger partial charge >= 0.3 is 0 Å². The first-order chi connectivity index (χ1) is 8.55. The van der Waals surface area contributed by atoms with Crippen LogP contribution in [0.4, 0.5) is 0 Å². The summed E-state index contributed by atoms with van der Waals surface area (Å²) < 4.78 is 6.05. The molecular weight excluding hydrogens is 248 g/mol. The topological polar surface area (TPSA) is 35.0 Å². The summed E-state index contributed by atoms with van der Waals surface area (Å²) in [5.41, 5.74) is 0.574. The second kappa shape index (κ2) is 5.54. The van der Waals surface area contributed by atoms with Gasteiger partial charge in [0, 0.05) is 12.3 Å². The van der Waals surface area contributed by atoms with Crippen molar-refractivity contribution in [2.24, 2.45) is 5.92 Å². The van der Waals surface area contributed by atoms with Crippen LogP contribution < -0.4 is 0 Å². The van der Waals surface area contributed by atoms with Crippen LogP contribution in [-0.2, 0) is 10.3 Å². The summed E-state index contributed by atoms with van der Waals surface area (Å²) in [6.45, 7) is 6.92. The predicted molar refractivity (Wildman–Crippen MR) is 72.7 cm³/mol. The largest absolute Gasteiger partial charge is 0.367 e. The van der Waals surface area contributed by atoms with Crippen molar-refractivity contribution in [3.05, 3.63) is 22.7 Å². The third-order valence-corrected chi connectivity index (χ3v) is 3.80. The van der Waals surface area contributed by atoms with Crippen LogP contribution in [0.1, 0.15) is 51.0 Å². The molecule has 0 radical (unpaired) electrons. The molecule has 18 heavy (non-hydrogen) atoms. The highest BCUT2D eigenvalue weighted by Crippen LogP contribution is 2.41. The molecule has 2 atom stereocenters. The van der Waals surface area contributed by atoms with Gasteiger partial charge in [0.2, 0.25) is 0 Å². The second-order valence-electron chi connectivity index (χ2n) is 5.28. The van der Waals surface area contributed by atoms with E-state index in [1.807, 2.05) is 13.8 Å². The average Bonchev–Trinajstić information content (AvgIpc) is 2.28. The summed E-state index contributed by atoms with van der Waals surface area (Å²) in [5.74, 6) is 1.41. The standard InChI is InChI=1S/C14H21ClN2O/c1-4-18-14(7-5-6-10(2)9-14)13-16-11(3)8-12(15)17-13/h8,10H,4-7,9H2,1-3H3. The maximum atomic E-state index is 6.06. The quantitative estimate of drug-likeness (QED) is 0.781. The van der Waals surface area contributed by atoms with Crippen molar-refractivity contribution in [3.63, 3.8) is 0 Å². The van der Waals surface area contributed by atoms with E-state index >= 15 is 0 Å². The summed E-state index contributed by atoms with van der Waals surface area (Å²) in [5, 5.41) is 0.509. The Hall–Kier alpha value is -0.670. The molecule has 3 nitrogen and oxygen atoms in total. The molecule has 1 aromatic rings. The molecule has 4 heteroatoms. The first kappa shape index (κ1) is 13.8. The maximum absolute atomic E-state index is 6.06. The van der Waals surface area contributed by atoms with E-state index in [0.717, 1.165) is 30.8 Å². The fourth-order valence-corrected chi connectivity index (χ4v) is 3.15. The lowest BCUT2D eigenvalue weighted by atomic mass is 9.78. The SMILES string of the molecule is CCOC1(c2nc(C)cc(Cl)n2)CCCC(C)C1. The van der Waals surface area contributed by atoms with Gasteiger partial charge in [-0.05, 0) is 45.1 Å². The minimum absolute atomic E-state index is 0.331. The molecule has 0 bridgehead atoms. The van der Waals surface area contributed by atoms with Crippen LogP contribution in [0.25, 0.3) is 0 Å². The van der Waals surface area contributed by atoms with E-state index < -0.39 is 0 Å². The second-order valence-corrected chi connectivity index (χ2v) is 5.67. The molecule has 0 saturated heterocycles. The molecule has 0 aromatic carbocycles. The Morgan fingerprint density at radius 2 is 2.28 bits per heavy atom. The average molecular weight is 269 g/mol. The number of aryl methyl sites for hydroxylation is 1. The van der Waals surface area contributed by atoms with E-state index in [4.69, 9.17) is 16.3 Å². The zero-order chi connectivity index (χ0) is 13.2. The summed E-state index contributed by atoms with van der Waals surface area (Å²) in [6.07, 6.45) is 4.40. The van der Waals surface area contributed by atoms with Crippen molar-refractivity contribution < 1.29 is 4.74 Å². The highest BCUT2D eigenvalue weighted by molar-refractivity contribution is 6.29. The van der Waals surface area contributed by atoms with Gasteiger partial charge in [-0.1, -0.05) is 24.9 Å². The van der Waals surface area contributed by atoms with Gasteiger partial charge in [-0.3, -0.25) is 0 Å². The van der Waals surface area contributed by atoms with Crippen LogP contribution >= 0.6 is 11.6 Å². The van der Waals surface area contributed by atoms with Crippen molar-refractivity contribution in [2.75, 3.05) is 6.61 Å². The number of rotatable bonds is 3. The Morgan fingerprint density at radius 3 is 2.89 bits per heavy atom. The van der Waals surface area contributed by atoms with Crippen LogP contribution in [-0.4, -0.2) is 16.6 Å². The third-order valence-electron chi connectivity index (χ3n) is 3.61. The van der Waals surface area contributed by atoms with Gasteiger partial charge in [0.25, 0.3) is 0 Å². The van der Waals surface area contributed by atoms with E-state index in [0.29, 0.717) is 17.7 Å². The molecule has 1 aliphatic carbocycles. The molecule has 0 N–H and O–H groups in total. The van der Waals surface area contributed by atoms with E-state index in [1.54, 1.807) is 6.07 Å². The van der Waals surface area contributed by atoms with Gasteiger partial charge in [0.1, 0.15) is 10.8 Å². The van der Waals surface area contributed by atoms with Crippen molar-refractivity contribution in [2.45, 2.75) is 52.1 Å². The van der Waals surface area contributed by atoms with Crippen molar-refractivity contribution >= 4 is 11.6 Å². The molecule has 0 amide bonds. The number of hydrogen-bond donors (Lipinski definition) is 0. The number of nitrogens with zero attached hydrogens (tertiary/aromatic N) is 2. The zero-order valence-electron chi connectivity index (χ0n) is 11.4. The van der Waals surface area contributed by atoms with Crippen LogP contribution in [0.3, 0.4) is 0 Å². The fraction of sp³-hybridized carbons (Fsp3) is 0.714. The highest BCUT2D eigenvalue weighted by atomic mass is 35.5. The van der Waals surface area contributed by atoms with E-state index in [-0.39, 0.29) is 5.60 Å². The Morgan fingerprint density at radius 1 is 1.50 bits per heavy atom. The zero-order valence-corrected chi connectivity index (χ0v) is 12.1. The van der Waals surface area contributed by atoms with Crippen molar-refractivity contribution in [1.82, 2.24) is 9.97 Å². The molecule has 2 unspecified atom stereocenters. The molecular formula is C14H21ClN2O. The third kappa shape index (κ3) is 2.83. The summed E-state index contributed by atoms with van der Waals surface area (Å²) in [6, 6.07) is 1.79. The van der Waals surface area contributed by atoms with Gasteiger partial charge in [0.15, 0.2) is 5.82 Å². The normalized spacial score (nSPS) is 28.3. The summed E-state index contributed by atoms with van der Waals surface area (Å²) in [7, 11) is 0. The van der Waals surface area contributed by atoms with Gasteiger partial charge in [0.05, 0.1) is 0 Å². The van der Waals surface area contributed by atoms with Crippen molar-refractivity contribution in [3.8, 4) is 0 Å². The molecule has 1 aromatic heterocycles. The van der Waals surface area contributed by atoms with Crippen LogP contribution in [0, 0.1) is 12.8 Å². The lowest BCUT2D eigenvalue weighted by molar-refractivity contribution is -0.0881. The van der Waals surface area contributed by atoms with Gasteiger partial charge in [-0.2, -0.15) is 0 Å². The Kier molecular flexibility index (Phi) is 4.23. The summed E-state index contributed by atoms with van der Waals surface area (Å²) >= 11 is 6.06. The van der Waals surface area contributed by atoms with Crippen molar-refractivity contribution in [1.29, 1.82) is 0 Å². The molecule has 1 fully saturated rings. The lowest BCUT2D eigenvalue weighted by Gasteiger charge is -2.38. The molecule has 1 saturated carbocycles. The molecule has 1 heterocycles. The number of hydrogen-bond acceptors (Lipinski definition) is 3. The van der Waals surface area contributed by atoms with Gasteiger partial charge < -0.3 is 4.74 Å².